The zero-order valence-electron chi connectivity index (χ0n) is 18.9. The van der Waals surface area contributed by atoms with Crippen LogP contribution in [0, 0.1) is 34.5 Å². The van der Waals surface area contributed by atoms with Gasteiger partial charge in [-0.2, -0.15) is 0 Å². The second kappa shape index (κ2) is 7.39. The maximum atomic E-state index is 12.0. The number of benzene rings is 1. The predicted octanol–water partition coefficient (Wildman–Crippen LogP) is 6.39. The second-order valence-electron chi connectivity index (χ2n) is 10.9. The lowest BCUT2D eigenvalue weighted by atomic mass is 9.47. The van der Waals surface area contributed by atoms with Gasteiger partial charge in [0.15, 0.2) is 0 Å². The monoisotopic (exact) mass is 403 g/mol. The van der Waals surface area contributed by atoms with Crippen molar-refractivity contribution in [3.05, 3.63) is 53.6 Å². The van der Waals surface area contributed by atoms with E-state index in [1.54, 1.807) is 5.57 Å². The Balaban J connectivity index is 1.43. The molecule has 1 N–H and O–H groups in total. The van der Waals surface area contributed by atoms with Gasteiger partial charge in [0.1, 0.15) is 0 Å². The van der Waals surface area contributed by atoms with E-state index in [2.05, 4.69) is 68.6 Å². The summed E-state index contributed by atoms with van der Waals surface area (Å²) in [5.41, 5.74) is 3.59. The van der Waals surface area contributed by atoms with Crippen molar-refractivity contribution in [2.45, 2.75) is 71.8 Å². The summed E-state index contributed by atoms with van der Waals surface area (Å²) in [6.07, 6.45) is 15.5. The average molecular weight is 404 g/mol. The Bertz CT molecular complexity index is 870. The van der Waals surface area contributed by atoms with E-state index in [-0.39, 0.29) is 11.3 Å². The molecule has 5 rings (SSSR count). The highest BCUT2D eigenvalue weighted by atomic mass is 16.1. The summed E-state index contributed by atoms with van der Waals surface area (Å²) in [5.74, 6) is 3.19. The van der Waals surface area contributed by atoms with Gasteiger partial charge in [0.25, 0.3) is 0 Å². The number of hydrogen-bond acceptors (Lipinski definition) is 1. The van der Waals surface area contributed by atoms with Crippen molar-refractivity contribution < 1.29 is 4.79 Å². The van der Waals surface area contributed by atoms with Crippen LogP contribution in [0.3, 0.4) is 0 Å². The highest BCUT2D eigenvalue weighted by Crippen LogP contribution is 2.66. The Morgan fingerprint density at radius 1 is 1.07 bits per heavy atom. The molecule has 2 nitrogen and oxygen atoms in total. The van der Waals surface area contributed by atoms with E-state index in [0.717, 1.165) is 30.6 Å². The zero-order chi connectivity index (χ0) is 20.9. The molecule has 1 aliphatic heterocycles. The van der Waals surface area contributed by atoms with Crippen LogP contribution in [0.15, 0.2) is 48.1 Å². The first kappa shape index (κ1) is 20.1. The van der Waals surface area contributed by atoms with Gasteiger partial charge in [-0.15, -0.1) is 0 Å². The van der Waals surface area contributed by atoms with Gasteiger partial charge < -0.3 is 5.32 Å². The number of carbonyl (C=O) groups excluding carboxylic acids is 1. The highest BCUT2D eigenvalue weighted by Gasteiger charge is 2.59. The van der Waals surface area contributed by atoms with Gasteiger partial charge >= 0.3 is 0 Å². The molecule has 0 spiro atoms. The summed E-state index contributed by atoms with van der Waals surface area (Å²) in [5, 5.41) is 3.29. The fraction of sp³-hybridized carbons (Fsp3) is 0.607. The number of amides is 1. The maximum absolute atomic E-state index is 12.0. The molecule has 160 valence electrons. The van der Waals surface area contributed by atoms with Gasteiger partial charge in [-0.25, -0.2) is 0 Å². The quantitative estimate of drug-likeness (QED) is 0.622. The lowest BCUT2D eigenvalue weighted by molar-refractivity contribution is -0.122. The van der Waals surface area contributed by atoms with Crippen molar-refractivity contribution in [2.75, 3.05) is 0 Å². The molecule has 0 saturated heterocycles. The van der Waals surface area contributed by atoms with Crippen molar-refractivity contribution >= 4 is 12.0 Å². The molecule has 1 heterocycles. The average Bonchev–Trinajstić information content (AvgIpc) is 3.10. The van der Waals surface area contributed by atoms with E-state index in [1.165, 1.54) is 37.7 Å². The summed E-state index contributed by atoms with van der Waals surface area (Å²) in [7, 11) is 0. The standard InChI is InChI=1S/C28H37NO/c1-4-20(18-19-8-6-5-7-9-19)22-11-12-23-21-10-13-25-28(3,17-15-26(30)29-25)24(21)14-16-27(22,23)2/h5-9,15,17-18,21-25H,4,10-14,16H2,1-3H3,(H,29,30)/b20-18+/t21-,22+,23-,24-,25+,27+,28+/m0/s1. The number of carbonyl (C=O) groups is 1. The van der Waals surface area contributed by atoms with E-state index in [4.69, 9.17) is 0 Å². The minimum absolute atomic E-state index is 0.108. The first-order chi connectivity index (χ1) is 14.5. The molecule has 1 aromatic carbocycles. The molecule has 3 fully saturated rings. The first-order valence-electron chi connectivity index (χ1n) is 12.2. The molecule has 3 saturated carbocycles. The molecular weight excluding hydrogens is 366 g/mol. The third-order valence-electron chi connectivity index (χ3n) is 9.69. The number of nitrogens with one attached hydrogen (secondary N) is 1. The Labute approximate surface area is 182 Å². The molecule has 0 unspecified atom stereocenters. The van der Waals surface area contributed by atoms with Crippen LogP contribution in [0.5, 0.6) is 0 Å². The van der Waals surface area contributed by atoms with E-state index in [1.807, 2.05) is 6.08 Å². The molecule has 0 radical (unpaired) electrons. The van der Waals surface area contributed by atoms with Crippen molar-refractivity contribution in [3.63, 3.8) is 0 Å². The van der Waals surface area contributed by atoms with Crippen molar-refractivity contribution in [1.82, 2.24) is 5.32 Å². The lowest BCUT2D eigenvalue weighted by Crippen LogP contribution is -2.59. The maximum Gasteiger partial charge on any atom is 0.243 e. The molecule has 2 heteroatoms. The number of hydrogen-bond donors (Lipinski definition) is 1. The van der Waals surface area contributed by atoms with Crippen molar-refractivity contribution in [3.8, 4) is 0 Å². The molecule has 1 aromatic rings. The smallest absolute Gasteiger partial charge is 0.243 e. The summed E-state index contributed by atoms with van der Waals surface area (Å²) in [6.45, 7) is 7.39. The van der Waals surface area contributed by atoms with Crippen LogP contribution in [0.4, 0.5) is 0 Å². The molecule has 0 aromatic heterocycles. The number of allylic oxidation sites excluding steroid dienone is 1. The third-order valence-corrected chi connectivity index (χ3v) is 9.69. The zero-order valence-corrected chi connectivity index (χ0v) is 18.9. The van der Waals surface area contributed by atoms with Crippen LogP contribution in [0.25, 0.3) is 6.08 Å². The van der Waals surface area contributed by atoms with Gasteiger partial charge in [0, 0.05) is 11.5 Å². The van der Waals surface area contributed by atoms with Crippen LogP contribution < -0.4 is 5.32 Å². The van der Waals surface area contributed by atoms with Crippen LogP contribution in [0.2, 0.25) is 0 Å². The van der Waals surface area contributed by atoms with Crippen LogP contribution >= 0.6 is 0 Å². The largest absolute Gasteiger partial charge is 0.349 e. The van der Waals surface area contributed by atoms with Gasteiger partial charge in [-0.05, 0) is 85.7 Å². The van der Waals surface area contributed by atoms with Crippen molar-refractivity contribution in [2.24, 2.45) is 34.5 Å². The molecule has 7 atom stereocenters. The van der Waals surface area contributed by atoms with E-state index in [9.17, 15) is 4.79 Å². The summed E-state index contributed by atoms with van der Waals surface area (Å²) >= 11 is 0. The SMILES string of the molecule is CC/C(=C\c1ccccc1)[C@H]1CC[C@H]2[C@@H]3CC[C@H]4NC(=O)C=C[C@]4(C)[C@H]3CC[C@]12C. The van der Waals surface area contributed by atoms with E-state index < -0.39 is 0 Å². The Kier molecular flexibility index (Phi) is 4.95. The van der Waals surface area contributed by atoms with Crippen LogP contribution in [-0.2, 0) is 4.79 Å². The molecular formula is C28H37NO. The first-order valence-corrected chi connectivity index (χ1v) is 12.2. The number of rotatable bonds is 3. The van der Waals surface area contributed by atoms with Gasteiger partial charge in [-0.1, -0.05) is 68.8 Å². The second-order valence-corrected chi connectivity index (χ2v) is 10.9. The topological polar surface area (TPSA) is 29.1 Å². The van der Waals surface area contributed by atoms with Gasteiger partial charge in [-0.3, -0.25) is 4.79 Å². The molecule has 4 aliphatic rings. The third kappa shape index (κ3) is 3.01. The Morgan fingerprint density at radius 3 is 2.63 bits per heavy atom. The minimum Gasteiger partial charge on any atom is -0.349 e. The lowest BCUT2D eigenvalue weighted by Gasteiger charge is -2.59. The fourth-order valence-electron chi connectivity index (χ4n) is 8.15. The molecule has 0 bridgehead atoms. The van der Waals surface area contributed by atoms with Crippen LogP contribution in [-0.4, -0.2) is 11.9 Å². The Hall–Kier alpha value is -1.83. The summed E-state index contributed by atoms with van der Waals surface area (Å²) in [4.78, 5) is 12.0. The van der Waals surface area contributed by atoms with Gasteiger partial charge in [0.2, 0.25) is 5.91 Å². The fourth-order valence-corrected chi connectivity index (χ4v) is 8.15. The van der Waals surface area contributed by atoms with E-state index in [0.29, 0.717) is 17.4 Å². The normalized spacial score (nSPS) is 42.8. The van der Waals surface area contributed by atoms with Crippen molar-refractivity contribution in [1.29, 1.82) is 0 Å². The summed E-state index contributed by atoms with van der Waals surface area (Å²) < 4.78 is 0. The van der Waals surface area contributed by atoms with Gasteiger partial charge in [0.05, 0.1) is 0 Å². The molecule has 1 amide bonds. The predicted molar refractivity (Wildman–Crippen MR) is 124 cm³/mol. The van der Waals surface area contributed by atoms with E-state index >= 15 is 0 Å². The Morgan fingerprint density at radius 2 is 1.87 bits per heavy atom. The summed E-state index contributed by atoms with van der Waals surface area (Å²) in [6, 6.07) is 11.2. The molecule has 3 aliphatic carbocycles. The van der Waals surface area contributed by atoms with Crippen LogP contribution in [0.1, 0.15) is 71.3 Å². The highest BCUT2D eigenvalue weighted by molar-refractivity contribution is 5.89. The number of fused-ring (bicyclic) bond motifs is 5. The molecule has 30 heavy (non-hydrogen) atoms. The minimum atomic E-state index is 0.108.